The summed E-state index contributed by atoms with van der Waals surface area (Å²) in [5.74, 6) is -0.0252. The maximum Gasteiger partial charge on any atom is 0.246 e. The van der Waals surface area contributed by atoms with Gasteiger partial charge in [0, 0.05) is 18.9 Å². The summed E-state index contributed by atoms with van der Waals surface area (Å²) in [7, 11) is 0. The molecule has 0 bridgehead atoms. The molecule has 2 fully saturated rings. The molecular formula is C13H14N2O2. The van der Waals surface area contributed by atoms with E-state index in [1.54, 1.807) is 0 Å². The first-order valence-electron chi connectivity index (χ1n) is 5.87. The lowest BCUT2D eigenvalue weighted by molar-refractivity contribution is -0.127. The van der Waals surface area contributed by atoms with Crippen LogP contribution in [-0.2, 0) is 9.59 Å². The molecule has 2 atom stereocenters. The summed E-state index contributed by atoms with van der Waals surface area (Å²) in [4.78, 5) is 23.4. The second-order valence-corrected chi connectivity index (χ2v) is 4.69. The van der Waals surface area contributed by atoms with Gasteiger partial charge in [-0.1, -0.05) is 30.3 Å². The Morgan fingerprint density at radius 3 is 2.59 bits per heavy atom. The number of carbonyl (C=O) groups is 2. The predicted octanol–water partition coefficient (Wildman–Crippen LogP) is 0.549. The molecule has 1 aromatic rings. The second-order valence-electron chi connectivity index (χ2n) is 4.69. The fourth-order valence-electron chi connectivity index (χ4n) is 2.89. The van der Waals surface area contributed by atoms with E-state index < -0.39 is 5.54 Å². The van der Waals surface area contributed by atoms with Crippen LogP contribution in [-0.4, -0.2) is 23.9 Å². The van der Waals surface area contributed by atoms with Crippen molar-refractivity contribution in [3.8, 4) is 0 Å². The number of carbonyl (C=O) groups excluding carboxylic acids is 2. The van der Waals surface area contributed by atoms with Crippen molar-refractivity contribution in [1.29, 1.82) is 0 Å². The Morgan fingerprint density at radius 2 is 1.94 bits per heavy atom. The Hall–Kier alpha value is -1.84. The minimum absolute atomic E-state index is 0.0250. The number of hydrogen-bond acceptors (Lipinski definition) is 2. The predicted molar refractivity (Wildman–Crippen MR) is 62.3 cm³/mol. The smallest absolute Gasteiger partial charge is 0.246 e. The van der Waals surface area contributed by atoms with Crippen molar-refractivity contribution in [2.24, 2.45) is 0 Å². The second kappa shape index (κ2) is 3.58. The van der Waals surface area contributed by atoms with Crippen LogP contribution in [0.3, 0.4) is 0 Å². The first-order valence-corrected chi connectivity index (χ1v) is 5.87. The molecule has 2 aliphatic heterocycles. The van der Waals surface area contributed by atoms with Crippen molar-refractivity contribution in [3.05, 3.63) is 35.9 Å². The molecule has 2 aliphatic rings. The molecule has 0 radical (unpaired) electrons. The van der Waals surface area contributed by atoms with Gasteiger partial charge in [0.15, 0.2) is 0 Å². The van der Waals surface area contributed by atoms with Crippen LogP contribution in [0.25, 0.3) is 0 Å². The van der Waals surface area contributed by atoms with E-state index in [1.165, 1.54) is 0 Å². The number of hydrogen-bond donors (Lipinski definition) is 2. The molecule has 17 heavy (non-hydrogen) atoms. The lowest BCUT2D eigenvalue weighted by Gasteiger charge is -2.27. The maximum absolute atomic E-state index is 12.0. The quantitative estimate of drug-likeness (QED) is 0.740. The highest BCUT2D eigenvalue weighted by Gasteiger charge is 2.54. The van der Waals surface area contributed by atoms with E-state index in [-0.39, 0.29) is 17.7 Å². The van der Waals surface area contributed by atoms with Gasteiger partial charge in [-0.3, -0.25) is 9.59 Å². The molecule has 0 unspecified atom stereocenters. The highest BCUT2D eigenvalue weighted by atomic mass is 16.2. The molecule has 4 nitrogen and oxygen atoms in total. The zero-order valence-electron chi connectivity index (χ0n) is 9.40. The fourth-order valence-corrected chi connectivity index (χ4v) is 2.89. The maximum atomic E-state index is 12.0. The highest BCUT2D eigenvalue weighted by molar-refractivity contribution is 5.97. The van der Waals surface area contributed by atoms with Crippen molar-refractivity contribution >= 4 is 11.8 Å². The molecular weight excluding hydrogens is 216 g/mol. The molecule has 2 saturated heterocycles. The standard InChI is InChI=1S/C13H14N2O2/c16-11-6-7-13(15-11)10(8-14-12(13)17)9-4-2-1-3-5-9/h1-5,10H,6-8H2,(H,14,17)(H,15,16)/t10-,13-/m1/s1. The monoisotopic (exact) mass is 230 g/mol. The number of rotatable bonds is 1. The van der Waals surface area contributed by atoms with E-state index >= 15 is 0 Å². The number of nitrogens with one attached hydrogen (secondary N) is 2. The fraction of sp³-hybridized carbons (Fsp3) is 0.385. The summed E-state index contributed by atoms with van der Waals surface area (Å²) in [6, 6.07) is 9.90. The van der Waals surface area contributed by atoms with E-state index in [0.29, 0.717) is 19.4 Å². The van der Waals surface area contributed by atoms with Crippen LogP contribution in [0.2, 0.25) is 0 Å². The summed E-state index contributed by atoms with van der Waals surface area (Å²) in [6.45, 7) is 0.600. The molecule has 4 heteroatoms. The Bertz CT molecular complexity index is 472. The van der Waals surface area contributed by atoms with E-state index in [1.807, 2.05) is 30.3 Å². The average molecular weight is 230 g/mol. The number of benzene rings is 1. The van der Waals surface area contributed by atoms with Gasteiger partial charge in [-0.2, -0.15) is 0 Å². The molecule has 1 spiro atoms. The van der Waals surface area contributed by atoms with E-state index in [4.69, 9.17) is 0 Å². The van der Waals surface area contributed by atoms with Crippen LogP contribution in [0.15, 0.2) is 30.3 Å². The van der Waals surface area contributed by atoms with Gasteiger partial charge in [-0.15, -0.1) is 0 Å². The zero-order valence-corrected chi connectivity index (χ0v) is 9.40. The first kappa shape index (κ1) is 10.3. The summed E-state index contributed by atoms with van der Waals surface area (Å²) >= 11 is 0. The molecule has 2 N–H and O–H groups in total. The van der Waals surface area contributed by atoms with Crippen LogP contribution in [0.5, 0.6) is 0 Å². The van der Waals surface area contributed by atoms with Crippen LogP contribution in [0, 0.1) is 0 Å². The van der Waals surface area contributed by atoms with Gasteiger partial charge in [0.25, 0.3) is 0 Å². The van der Waals surface area contributed by atoms with Crippen LogP contribution in [0.4, 0.5) is 0 Å². The third-order valence-corrected chi connectivity index (χ3v) is 3.78. The van der Waals surface area contributed by atoms with Crippen LogP contribution >= 0.6 is 0 Å². The summed E-state index contributed by atoms with van der Waals surface area (Å²) in [6.07, 6.45) is 1.04. The Balaban J connectivity index is 2.00. The summed E-state index contributed by atoms with van der Waals surface area (Å²) in [5, 5.41) is 5.74. The van der Waals surface area contributed by atoms with Gasteiger partial charge < -0.3 is 10.6 Å². The van der Waals surface area contributed by atoms with Crippen molar-refractivity contribution in [2.75, 3.05) is 6.54 Å². The normalized spacial score (nSPS) is 31.6. The largest absolute Gasteiger partial charge is 0.353 e. The van der Waals surface area contributed by atoms with E-state index in [2.05, 4.69) is 10.6 Å². The highest BCUT2D eigenvalue weighted by Crippen LogP contribution is 2.38. The van der Waals surface area contributed by atoms with Crippen molar-refractivity contribution in [3.63, 3.8) is 0 Å². The topological polar surface area (TPSA) is 58.2 Å². The van der Waals surface area contributed by atoms with Gasteiger partial charge >= 0.3 is 0 Å². The van der Waals surface area contributed by atoms with Crippen molar-refractivity contribution in [2.45, 2.75) is 24.3 Å². The van der Waals surface area contributed by atoms with Gasteiger partial charge in [-0.05, 0) is 12.0 Å². The Morgan fingerprint density at radius 1 is 1.18 bits per heavy atom. The minimum Gasteiger partial charge on any atom is -0.353 e. The Kier molecular flexibility index (Phi) is 2.18. The van der Waals surface area contributed by atoms with Crippen molar-refractivity contribution < 1.29 is 9.59 Å². The molecule has 3 rings (SSSR count). The third kappa shape index (κ3) is 1.44. The van der Waals surface area contributed by atoms with Crippen molar-refractivity contribution in [1.82, 2.24) is 10.6 Å². The van der Waals surface area contributed by atoms with Gasteiger partial charge in [-0.25, -0.2) is 0 Å². The molecule has 0 aromatic heterocycles. The van der Waals surface area contributed by atoms with E-state index in [9.17, 15) is 9.59 Å². The summed E-state index contributed by atoms with van der Waals surface area (Å²) < 4.78 is 0. The Labute approximate surface area is 99.4 Å². The van der Waals surface area contributed by atoms with Gasteiger partial charge in [0.2, 0.25) is 11.8 Å². The van der Waals surface area contributed by atoms with E-state index in [0.717, 1.165) is 5.56 Å². The molecule has 0 aliphatic carbocycles. The average Bonchev–Trinajstić information content (AvgIpc) is 2.87. The van der Waals surface area contributed by atoms with Gasteiger partial charge in [0.05, 0.1) is 0 Å². The third-order valence-electron chi connectivity index (χ3n) is 3.78. The van der Waals surface area contributed by atoms with Gasteiger partial charge in [0.1, 0.15) is 5.54 Å². The molecule has 2 amide bonds. The molecule has 1 aromatic carbocycles. The minimum atomic E-state index is -0.710. The SMILES string of the molecule is O=C1CC[C@]2(N1)C(=O)NC[C@@H]2c1ccccc1. The molecule has 0 saturated carbocycles. The van der Waals surface area contributed by atoms with Crippen LogP contribution < -0.4 is 10.6 Å². The van der Waals surface area contributed by atoms with Crippen LogP contribution in [0.1, 0.15) is 24.3 Å². The molecule has 2 heterocycles. The first-order chi connectivity index (χ1) is 8.22. The summed E-state index contributed by atoms with van der Waals surface area (Å²) in [5.41, 5.74) is 0.395. The lowest BCUT2D eigenvalue weighted by atomic mass is 9.80. The lowest BCUT2D eigenvalue weighted by Crippen LogP contribution is -2.51. The molecule has 88 valence electrons. The zero-order chi connectivity index (χ0) is 11.9. The number of amides is 2.